The number of nitrogens with one attached hydrogen (secondary N) is 1. The lowest BCUT2D eigenvalue weighted by atomic mass is 9.89. The summed E-state index contributed by atoms with van der Waals surface area (Å²) in [5, 5.41) is 4.07. The lowest BCUT2D eigenvalue weighted by Gasteiger charge is -2.36. The van der Waals surface area contributed by atoms with E-state index in [9.17, 15) is 9.18 Å². The van der Waals surface area contributed by atoms with Crippen LogP contribution in [0, 0.1) is 18.7 Å². The first-order valence-electron chi connectivity index (χ1n) is 10.8. The smallest absolute Gasteiger partial charge is 0.321 e. The van der Waals surface area contributed by atoms with E-state index in [1.165, 1.54) is 34.4 Å². The maximum atomic E-state index is 13.1. The molecule has 1 fully saturated rings. The third-order valence-electron chi connectivity index (χ3n) is 6.21. The minimum Gasteiger partial charge on any atom is -0.352 e. The Morgan fingerprint density at radius 2 is 1.90 bits per heavy atom. The lowest BCUT2D eigenvalue weighted by molar-refractivity contribution is 0.208. The van der Waals surface area contributed by atoms with E-state index in [1.807, 2.05) is 18.3 Å². The highest BCUT2D eigenvalue weighted by Crippen LogP contribution is 2.41. The predicted octanol–water partition coefficient (Wildman–Crippen LogP) is 4.62. The molecule has 1 saturated heterocycles. The molecule has 1 aliphatic heterocycles. The summed E-state index contributed by atoms with van der Waals surface area (Å²) in [6, 6.07) is 5.68. The van der Waals surface area contributed by atoms with Gasteiger partial charge in [-0.05, 0) is 61.9 Å². The topological polar surface area (TPSA) is 61.4 Å². The number of nitrogens with zero attached hydrogens (tertiary/aromatic N) is 4. The van der Waals surface area contributed by atoms with Crippen molar-refractivity contribution in [2.24, 2.45) is 5.92 Å². The molecule has 2 aliphatic rings. The van der Waals surface area contributed by atoms with Crippen molar-refractivity contribution in [1.82, 2.24) is 14.9 Å². The molecular weight excluding hydrogens is 413 g/mol. The molecule has 0 unspecified atom stereocenters. The van der Waals surface area contributed by atoms with E-state index in [0.717, 1.165) is 48.3 Å². The largest absolute Gasteiger partial charge is 0.352 e. The summed E-state index contributed by atoms with van der Waals surface area (Å²) in [6.07, 6.45) is 3.44. The molecule has 1 N–H and O–H groups in total. The van der Waals surface area contributed by atoms with Crippen LogP contribution >= 0.6 is 11.3 Å². The van der Waals surface area contributed by atoms with Gasteiger partial charge in [-0.3, -0.25) is 0 Å². The molecule has 0 spiro atoms. The molecule has 162 valence electrons. The van der Waals surface area contributed by atoms with Crippen LogP contribution < -0.4 is 10.2 Å². The van der Waals surface area contributed by atoms with Crippen molar-refractivity contribution in [3.8, 4) is 0 Å². The van der Waals surface area contributed by atoms with Crippen molar-refractivity contribution in [2.45, 2.75) is 33.1 Å². The zero-order valence-electron chi connectivity index (χ0n) is 17.8. The number of hydrogen-bond acceptors (Lipinski definition) is 5. The Balaban J connectivity index is 1.33. The van der Waals surface area contributed by atoms with Crippen LogP contribution in [0.25, 0.3) is 10.2 Å². The number of piperazine rings is 1. The van der Waals surface area contributed by atoms with Gasteiger partial charge in [0.25, 0.3) is 0 Å². The van der Waals surface area contributed by atoms with E-state index in [2.05, 4.69) is 17.1 Å². The summed E-state index contributed by atoms with van der Waals surface area (Å²) in [7, 11) is 0. The van der Waals surface area contributed by atoms with E-state index in [1.54, 1.807) is 17.0 Å². The molecule has 2 aromatic heterocycles. The Morgan fingerprint density at radius 1 is 1.16 bits per heavy atom. The Labute approximate surface area is 185 Å². The number of amides is 2. The molecular formula is C23H26FN5OS. The van der Waals surface area contributed by atoms with Gasteiger partial charge in [0.05, 0.1) is 5.39 Å². The molecule has 8 heteroatoms. The number of aryl methyl sites for hydroxylation is 2. The van der Waals surface area contributed by atoms with Gasteiger partial charge < -0.3 is 15.1 Å². The first-order chi connectivity index (χ1) is 15.0. The van der Waals surface area contributed by atoms with Crippen LogP contribution in [0.3, 0.4) is 0 Å². The Bertz CT molecular complexity index is 1120. The SMILES string of the molecule is Cc1nc(N2CCN(C(=O)Nc3ccc(F)cc3)CC2)c2c3c(sc2n1)C[C@H](C)CC3. The zero-order chi connectivity index (χ0) is 21.5. The van der Waals surface area contributed by atoms with Gasteiger partial charge in [-0.2, -0.15) is 0 Å². The molecule has 0 saturated carbocycles. The maximum absolute atomic E-state index is 13.1. The van der Waals surface area contributed by atoms with Gasteiger partial charge in [0.2, 0.25) is 0 Å². The van der Waals surface area contributed by atoms with Crippen molar-refractivity contribution in [3.63, 3.8) is 0 Å². The third-order valence-corrected chi connectivity index (χ3v) is 7.36. The van der Waals surface area contributed by atoms with Crippen molar-refractivity contribution < 1.29 is 9.18 Å². The predicted molar refractivity (Wildman–Crippen MR) is 123 cm³/mol. The molecule has 31 heavy (non-hydrogen) atoms. The van der Waals surface area contributed by atoms with E-state index in [-0.39, 0.29) is 11.8 Å². The van der Waals surface area contributed by atoms with E-state index in [0.29, 0.717) is 18.8 Å². The molecule has 2 amide bonds. The number of halogens is 1. The highest BCUT2D eigenvalue weighted by Gasteiger charge is 2.28. The number of fused-ring (bicyclic) bond motifs is 3. The number of carbonyl (C=O) groups is 1. The summed E-state index contributed by atoms with van der Waals surface area (Å²) in [5.41, 5.74) is 2.03. The second-order valence-corrected chi connectivity index (χ2v) is 9.62. The number of thiophene rings is 1. The molecule has 3 heterocycles. The van der Waals surface area contributed by atoms with Gasteiger partial charge in [-0.1, -0.05) is 6.92 Å². The van der Waals surface area contributed by atoms with E-state index >= 15 is 0 Å². The number of rotatable bonds is 2. The number of carbonyl (C=O) groups excluding carboxylic acids is 1. The molecule has 6 nitrogen and oxygen atoms in total. The van der Waals surface area contributed by atoms with Crippen LogP contribution in [0.5, 0.6) is 0 Å². The Hall–Kier alpha value is -2.74. The fourth-order valence-electron chi connectivity index (χ4n) is 4.51. The monoisotopic (exact) mass is 439 g/mol. The van der Waals surface area contributed by atoms with Gasteiger partial charge in [0.15, 0.2) is 0 Å². The first kappa shape index (κ1) is 20.2. The minimum absolute atomic E-state index is 0.155. The van der Waals surface area contributed by atoms with Gasteiger partial charge in [-0.15, -0.1) is 11.3 Å². The summed E-state index contributed by atoms with van der Waals surface area (Å²) in [4.78, 5) is 28.9. The quantitative estimate of drug-likeness (QED) is 0.633. The molecule has 0 bridgehead atoms. The Morgan fingerprint density at radius 3 is 2.65 bits per heavy atom. The van der Waals surface area contributed by atoms with Crippen molar-refractivity contribution in [1.29, 1.82) is 0 Å². The van der Waals surface area contributed by atoms with Crippen molar-refractivity contribution in [3.05, 3.63) is 46.3 Å². The number of anilines is 2. The normalized spacial score (nSPS) is 18.9. The minimum atomic E-state index is -0.317. The average Bonchev–Trinajstić information content (AvgIpc) is 3.11. The number of urea groups is 1. The standard InChI is InChI=1S/C23H26FN5OS/c1-14-3-8-18-19(13-14)31-22-20(18)21(25-15(2)26-22)28-9-11-29(12-10-28)23(30)27-17-6-4-16(24)5-7-17/h4-7,14H,3,8-13H2,1-2H3,(H,27,30)/t14-/m1/s1. The van der Waals surface area contributed by atoms with Gasteiger partial charge in [0.1, 0.15) is 22.3 Å². The fraction of sp³-hybridized carbons (Fsp3) is 0.435. The zero-order valence-corrected chi connectivity index (χ0v) is 18.6. The van der Waals surface area contributed by atoms with Gasteiger partial charge >= 0.3 is 6.03 Å². The highest BCUT2D eigenvalue weighted by molar-refractivity contribution is 7.19. The van der Waals surface area contributed by atoms with Gasteiger partial charge in [-0.25, -0.2) is 19.2 Å². The first-order valence-corrected chi connectivity index (χ1v) is 11.6. The Kier molecular flexibility index (Phi) is 5.25. The summed E-state index contributed by atoms with van der Waals surface area (Å²) in [5.74, 6) is 2.23. The molecule has 5 rings (SSSR count). The molecule has 1 aromatic carbocycles. The molecule has 1 atom stereocenters. The molecule has 0 radical (unpaired) electrons. The van der Waals surface area contributed by atoms with E-state index in [4.69, 9.17) is 9.97 Å². The second-order valence-electron chi connectivity index (χ2n) is 8.54. The van der Waals surface area contributed by atoms with Crippen LogP contribution in [-0.4, -0.2) is 47.1 Å². The van der Waals surface area contributed by atoms with Crippen LogP contribution in [0.1, 0.15) is 29.6 Å². The van der Waals surface area contributed by atoms with Crippen LogP contribution in [0.15, 0.2) is 24.3 Å². The summed E-state index contributed by atoms with van der Waals surface area (Å²) in [6.45, 7) is 6.95. The second kappa shape index (κ2) is 8.07. The maximum Gasteiger partial charge on any atom is 0.321 e. The lowest BCUT2D eigenvalue weighted by Crippen LogP contribution is -2.50. The van der Waals surface area contributed by atoms with Gasteiger partial charge in [0, 0.05) is 36.7 Å². The average molecular weight is 440 g/mol. The number of benzene rings is 1. The highest BCUT2D eigenvalue weighted by atomic mass is 32.1. The van der Waals surface area contributed by atoms with Crippen LogP contribution in [0.2, 0.25) is 0 Å². The fourth-order valence-corrected chi connectivity index (χ4v) is 5.94. The summed E-state index contributed by atoms with van der Waals surface area (Å²) >= 11 is 1.82. The molecule has 1 aliphatic carbocycles. The van der Waals surface area contributed by atoms with Crippen molar-refractivity contribution >= 4 is 39.1 Å². The van der Waals surface area contributed by atoms with E-state index < -0.39 is 0 Å². The number of hydrogen-bond donors (Lipinski definition) is 1. The molecule has 3 aromatic rings. The summed E-state index contributed by atoms with van der Waals surface area (Å²) < 4.78 is 13.1. The van der Waals surface area contributed by atoms with Crippen LogP contribution in [-0.2, 0) is 12.8 Å². The third kappa shape index (κ3) is 3.96. The van der Waals surface area contributed by atoms with Crippen LogP contribution in [0.4, 0.5) is 20.7 Å². The number of aromatic nitrogens is 2. The van der Waals surface area contributed by atoms with Crippen molar-refractivity contribution in [2.75, 3.05) is 36.4 Å².